The molecule has 0 saturated carbocycles. The van der Waals surface area contributed by atoms with E-state index >= 15 is 0 Å². The molecule has 1 aliphatic rings. The fourth-order valence-electron chi connectivity index (χ4n) is 3.05. The van der Waals surface area contributed by atoms with Crippen LogP contribution < -0.4 is 4.90 Å². The van der Waals surface area contributed by atoms with Crippen molar-refractivity contribution < 1.29 is 18.0 Å². The Kier molecular flexibility index (Phi) is 6.21. The maximum atomic E-state index is 12.4. The first-order valence-corrected chi connectivity index (χ1v) is 10.4. The number of nitrogens with zero attached hydrogens (tertiary/aromatic N) is 2. The summed E-state index contributed by atoms with van der Waals surface area (Å²) in [5, 5.41) is 0. The molecular formula is C18H26N2O4S. The summed E-state index contributed by atoms with van der Waals surface area (Å²) < 4.78 is 23.1. The van der Waals surface area contributed by atoms with Gasteiger partial charge in [0.15, 0.2) is 9.84 Å². The summed E-state index contributed by atoms with van der Waals surface area (Å²) in [5.74, 6) is -0.0929. The Bertz CT molecular complexity index is 728. The standard InChI is InChI=1S/C18H26N2O4S/c1-4-15-5-7-16(8-6-15)20(14(2)21)11-9-18(22)19(3)17-10-12-25(23,24)13-17/h5-8,17H,4,9-13H2,1-3H3. The summed E-state index contributed by atoms with van der Waals surface area (Å²) in [6, 6.07) is 7.47. The van der Waals surface area contributed by atoms with E-state index in [0.717, 1.165) is 12.1 Å². The van der Waals surface area contributed by atoms with Crippen LogP contribution in [0.1, 0.15) is 32.3 Å². The second kappa shape index (κ2) is 7.99. The maximum Gasteiger partial charge on any atom is 0.224 e. The first kappa shape index (κ1) is 19.4. The molecule has 1 atom stereocenters. The van der Waals surface area contributed by atoms with Crippen molar-refractivity contribution in [2.45, 2.75) is 39.2 Å². The lowest BCUT2D eigenvalue weighted by atomic mass is 10.1. The zero-order chi connectivity index (χ0) is 18.6. The number of anilines is 1. The molecule has 2 rings (SSSR count). The number of amides is 2. The third-order valence-electron chi connectivity index (χ3n) is 4.74. The number of benzene rings is 1. The van der Waals surface area contributed by atoms with Gasteiger partial charge in [-0.1, -0.05) is 19.1 Å². The Hall–Kier alpha value is -1.89. The average molecular weight is 366 g/mol. The predicted molar refractivity (Wildman–Crippen MR) is 98.3 cm³/mol. The van der Waals surface area contributed by atoms with Crippen LogP contribution in [0.15, 0.2) is 24.3 Å². The quantitative estimate of drug-likeness (QED) is 0.767. The summed E-state index contributed by atoms with van der Waals surface area (Å²) >= 11 is 0. The van der Waals surface area contributed by atoms with Crippen molar-refractivity contribution in [1.82, 2.24) is 4.90 Å². The van der Waals surface area contributed by atoms with Gasteiger partial charge in [-0.25, -0.2) is 8.42 Å². The van der Waals surface area contributed by atoms with E-state index in [0.29, 0.717) is 6.42 Å². The largest absolute Gasteiger partial charge is 0.342 e. The van der Waals surface area contributed by atoms with Crippen LogP contribution in [0.3, 0.4) is 0 Å². The molecule has 138 valence electrons. The molecule has 1 unspecified atom stereocenters. The topological polar surface area (TPSA) is 74.8 Å². The molecule has 0 aliphatic carbocycles. The van der Waals surface area contributed by atoms with Gasteiger partial charge in [0.1, 0.15) is 0 Å². The molecule has 7 heteroatoms. The molecule has 0 spiro atoms. The van der Waals surface area contributed by atoms with E-state index in [4.69, 9.17) is 0 Å². The first-order valence-electron chi connectivity index (χ1n) is 8.56. The van der Waals surface area contributed by atoms with Gasteiger partial charge in [-0.2, -0.15) is 0 Å². The Labute approximate surface area is 149 Å². The van der Waals surface area contributed by atoms with Crippen molar-refractivity contribution >= 4 is 27.3 Å². The molecule has 0 bridgehead atoms. The van der Waals surface area contributed by atoms with Gasteiger partial charge in [0, 0.05) is 38.7 Å². The summed E-state index contributed by atoms with van der Waals surface area (Å²) in [5.41, 5.74) is 1.95. The minimum atomic E-state index is -3.03. The fraction of sp³-hybridized carbons (Fsp3) is 0.556. The van der Waals surface area contributed by atoms with Gasteiger partial charge in [-0.3, -0.25) is 9.59 Å². The lowest BCUT2D eigenvalue weighted by molar-refractivity contribution is -0.131. The number of rotatable bonds is 6. The van der Waals surface area contributed by atoms with Gasteiger partial charge in [0.05, 0.1) is 11.5 Å². The zero-order valence-corrected chi connectivity index (χ0v) is 15.9. The molecule has 25 heavy (non-hydrogen) atoms. The second-order valence-electron chi connectivity index (χ2n) is 6.50. The Morgan fingerprint density at radius 3 is 2.32 bits per heavy atom. The van der Waals surface area contributed by atoms with E-state index in [-0.39, 0.29) is 42.3 Å². The van der Waals surface area contributed by atoms with E-state index in [1.807, 2.05) is 24.3 Å². The molecule has 0 aromatic heterocycles. The molecule has 1 saturated heterocycles. The van der Waals surface area contributed by atoms with Crippen LogP contribution in [0.4, 0.5) is 5.69 Å². The van der Waals surface area contributed by atoms with Crippen LogP contribution in [0, 0.1) is 0 Å². The fourth-order valence-corrected chi connectivity index (χ4v) is 4.82. The van der Waals surface area contributed by atoms with Crippen LogP contribution >= 0.6 is 0 Å². The number of aryl methyl sites for hydroxylation is 1. The molecule has 0 N–H and O–H groups in total. The molecule has 1 aromatic rings. The molecule has 6 nitrogen and oxygen atoms in total. The molecule has 0 radical (unpaired) electrons. The monoisotopic (exact) mass is 366 g/mol. The minimum Gasteiger partial charge on any atom is -0.342 e. The Morgan fingerprint density at radius 2 is 1.84 bits per heavy atom. The van der Waals surface area contributed by atoms with Gasteiger partial charge in [-0.15, -0.1) is 0 Å². The van der Waals surface area contributed by atoms with Crippen LogP contribution in [-0.4, -0.2) is 56.3 Å². The van der Waals surface area contributed by atoms with Crippen molar-refractivity contribution in [3.05, 3.63) is 29.8 Å². The number of hydrogen-bond acceptors (Lipinski definition) is 4. The summed E-state index contributed by atoms with van der Waals surface area (Å²) in [6.45, 7) is 3.82. The van der Waals surface area contributed by atoms with E-state index in [9.17, 15) is 18.0 Å². The lowest BCUT2D eigenvalue weighted by Crippen LogP contribution is -2.40. The normalized spacial score (nSPS) is 18.8. The van der Waals surface area contributed by atoms with Crippen LogP contribution in [0.5, 0.6) is 0 Å². The molecule has 1 fully saturated rings. The molecule has 1 aliphatic heterocycles. The van der Waals surface area contributed by atoms with Crippen LogP contribution in [0.25, 0.3) is 0 Å². The van der Waals surface area contributed by atoms with Crippen LogP contribution in [0.2, 0.25) is 0 Å². The van der Waals surface area contributed by atoms with Crippen molar-refractivity contribution in [3.8, 4) is 0 Å². The second-order valence-corrected chi connectivity index (χ2v) is 8.73. The van der Waals surface area contributed by atoms with Crippen molar-refractivity contribution in [2.24, 2.45) is 0 Å². The summed E-state index contributed by atoms with van der Waals surface area (Å²) in [6.07, 6.45) is 1.58. The maximum absolute atomic E-state index is 12.4. The van der Waals surface area contributed by atoms with E-state index < -0.39 is 9.84 Å². The van der Waals surface area contributed by atoms with Crippen LogP contribution in [-0.2, 0) is 25.8 Å². The van der Waals surface area contributed by atoms with E-state index in [1.54, 1.807) is 11.9 Å². The Morgan fingerprint density at radius 1 is 1.20 bits per heavy atom. The smallest absolute Gasteiger partial charge is 0.224 e. The molecule has 1 heterocycles. The van der Waals surface area contributed by atoms with Gasteiger partial charge in [0.2, 0.25) is 11.8 Å². The molecule has 2 amide bonds. The van der Waals surface area contributed by atoms with Gasteiger partial charge >= 0.3 is 0 Å². The van der Waals surface area contributed by atoms with Gasteiger partial charge in [0.25, 0.3) is 0 Å². The Balaban J connectivity index is 1.98. The third-order valence-corrected chi connectivity index (χ3v) is 6.49. The van der Waals surface area contributed by atoms with E-state index in [1.165, 1.54) is 17.4 Å². The third kappa shape index (κ3) is 5.04. The number of sulfone groups is 1. The van der Waals surface area contributed by atoms with Gasteiger partial charge in [-0.05, 0) is 30.5 Å². The van der Waals surface area contributed by atoms with Gasteiger partial charge < -0.3 is 9.80 Å². The molecule has 1 aromatic carbocycles. The highest BCUT2D eigenvalue weighted by molar-refractivity contribution is 7.91. The highest BCUT2D eigenvalue weighted by Gasteiger charge is 2.32. The first-order chi connectivity index (χ1) is 11.7. The SMILES string of the molecule is CCc1ccc(N(CCC(=O)N(C)C2CCS(=O)(=O)C2)C(C)=O)cc1. The average Bonchev–Trinajstić information content (AvgIpc) is 2.94. The predicted octanol–water partition coefficient (Wildman–Crippen LogP) is 1.64. The number of carbonyl (C=O) groups excluding carboxylic acids is 2. The minimum absolute atomic E-state index is 0.0319. The molecular weight excluding hydrogens is 340 g/mol. The lowest BCUT2D eigenvalue weighted by Gasteiger charge is -2.26. The van der Waals surface area contributed by atoms with Crippen molar-refractivity contribution in [2.75, 3.05) is 30.0 Å². The summed E-state index contributed by atoms with van der Waals surface area (Å²) in [4.78, 5) is 27.4. The number of hydrogen-bond donors (Lipinski definition) is 0. The number of carbonyl (C=O) groups is 2. The zero-order valence-electron chi connectivity index (χ0n) is 15.1. The van der Waals surface area contributed by atoms with Crippen molar-refractivity contribution in [3.63, 3.8) is 0 Å². The highest BCUT2D eigenvalue weighted by Crippen LogP contribution is 2.19. The highest BCUT2D eigenvalue weighted by atomic mass is 32.2. The van der Waals surface area contributed by atoms with Crippen molar-refractivity contribution in [1.29, 1.82) is 0 Å². The summed E-state index contributed by atoms with van der Waals surface area (Å²) in [7, 11) is -1.39. The van der Waals surface area contributed by atoms with E-state index in [2.05, 4.69) is 6.92 Å².